The fourth-order valence-corrected chi connectivity index (χ4v) is 4.80. The van der Waals surface area contributed by atoms with Crippen molar-refractivity contribution in [2.75, 3.05) is 12.3 Å². The molecule has 0 heterocycles. The van der Waals surface area contributed by atoms with Gasteiger partial charge in [-0.05, 0) is 36.2 Å². The van der Waals surface area contributed by atoms with Gasteiger partial charge in [-0.1, -0.05) is 77.8 Å². The number of benzene rings is 3. The third-order valence-corrected chi connectivity index (χ3v) is 7.13. The normalized spacial score (nSPS) is 11.7. The van der Waals surface area contributed by atoms with Crippen molar-refractivity contribution < 1.29 is 14.0 Å². The lowest BCUT2D eigenvalue weighted by Crippen LogP contribution is -2.51. The average molecular weight is 533 g/mol. The number of hydrogen-bond acceptors (Lipinski definition) is 3. The predicted octanol–water partition coefficient (Wildman–Crippen LogP) is 6.14. The van der Waals surface area contributed by atoms with E-state index in [0.29, 0.717) is 34.3 Å². The molecule has 0 fully saturated rings. The third-order valence-electron chi connectivity index (χ3n) is 5.40. The minimum atomic E-state index is -0.782. The van der Waals surface area contributed by atoms with E-state index >= 15 is 0 Å². The number of rotatable bonds is 11. The molecule has 4 nitrogen and oxygen atoms in total. The van der Waals surface area contributed by atoms with Crippen molar-refractivity contribution in [2.45, 2.75) is 31.7 Å². The Hall–Kier alpha value is -2.54. The van der Waals surface area contributed by atoms with Gasteiger partial charge in [-0.25, -0.2) is 4.39 Å². The fraction of sp³-hybridized carbons (Fsp3) is 0.259. The van der Waals surface area contributed by atoms with Gasteiger partial charge in [0.1, 0.15) is 11.9 Å². The molecule has 3 aromatic carbocycles. The Kier molecular flexibility index (Phi) is 10.5. The van der Waals surface area contributed by atoms with Crippen LogP contribution in [-0.4, -0.2) is 35.1 Å². The molecule has 2 amide bonds. The van der Waals surface area contributed by atoms with E-state index < -0.39 is 11.9 Å². The second-order valence-electron chi connectivity index (χ2n) is 7.95. The van der Waals surface area contributed by atoms with Crippen molar-refractivity contribution in [3.05, 3.63) is 105 Å². The molecular formula is C27H27Cl2FN2O2S. The van der Waals surface area contributed by atoms with E-state index in [0.717, 1.165) is 11.1 Å². The summed E-state index contributed by atoms with van der Waals surface area (Å²) in [5, 5.41) is 3.76. The van der Waals surface area contributed by atoms with Crippen molar-refractivity contribution in [1.29, 1.82) is 0 Å². The highest BCUT2D eigenvalue weighted by molar-refractivity contribution is 7.99. The fourth-order valence-electron chi connectivity index (χ4n) is 3.62. The first kappa shape index (κ1) is 27.1. The number of nitrogens with zero attached hydrogens (tertiary/aromatic N) is 1. The summed E-state index contributed by atoms with van der Waals surface area (Å²) >= 11 is 13.5. The van der Waals surface area contributed by atoms with E-state index in [1.54, 1.807) is 30.3 Å². The summed E-state index contributed by atoms with van der Waals surface area (Å²) in [7, 11) is 0. The first-order chi connectivity index (χ1) is 16.9. The van der Waals surface area contributed by atoms with E-state index in [1.807, 2.05) is 43.3 Å². The molecule has 0 aliphatic carbocycles. The van der Waals surface area contributed by atoms with Gasteiger partial charge in [0.25, 0.3) is 0 Å². The van der Waals surface area contributed by atoms with Gasteiger partial charge in [-0.2, -0.15) is 0 Å². The summed E-state index contributed by atoms with van der Waals surface area (Å²) in [5.74, 6) is -0.260. The van der Waals surface area contributed by atoms with Gasteiger partial charge < -0.3 is 10.2 Å². The topological polar surface area (TPSA) is 49.4 Å². The number of carbonyl (C=O) groups excluding carboxylic acids is 2. The van der Waals surface area contributed by atoms with Crippen molar-refractivity contribution >= 4 is 46.8 Å². The van der Waals surface area contributed by atoms with Gasteiger partial charge in [0.15, 0.2) is 0 Å². The molecule has 0 bridgehead atoms. The third kappa shape index (κ3) is 7.99. The predicted molar refractivity (Wildman–Crippen MR) is 142 cm³/mol. The zero-order valence-electron chi connectivity index (χ0n) is 19.3. The number of thioether (sulfide) groups is 1. The molecule has 1 atom stereocenters. The first-order valence-corrected chi connectivity index (χ1v) is 13.2. The van der Waals surface area contributed by atoms with Gasteiger partial charge in [0.2, 0.25) is 11.8 Å². The number of carbonyl (C=O) groups is 2. The smallest absolute Gasteiger partial charge is 0.243 e. The van der Waals surface area contributed by atoms with E-state index in [2.05, 4.69) is 5.32 Å². The Bertz CT molecular complexity index is 1150. The van der Waals surface area contributed by atoms with Crippen molar-refractivity contribution in [3.8, 4) is 0 Å². The maximum absolute atomic E-state index is 14.5. The number of likely N-dealkylation sites (N-methyl/N-ethyl adjacent to an activating group) is 1. The summed E-state index contributed by atoms with van der Waals surface area (Å²) in [6, 6.07) is 20.4. The second-order valence-corrected chi connectivity index (χ2v) is 9.75. The molecule has 1 N–H and O–H groups in total. The van der Waals surface area contributed by atoms with Crippen LogP contribution in [0.1, 0.15) is 23.6 Å². The number of halogens is 3. The lowest BCUT2D eigenvalue weighted by atomic mass is 10.0. The van der Waals surface area contributed by atoms with Gasteiger partial charge in [-0.3, -0.25) is 9.59 Å². The Labute approximate surface area is 219 Å². The van der Waals surface area contributed by atoms with Gasteiger partial charge in [-0.15, -0.1) is 11.8 Å². The minimum absolute atomic E-state index is 0.00647. The highest BCUT2D eigenvalue weighted by Crippen LogP contribution is 2.25. The molecule has 0 saturated carbocycles. The summed E-state index contributed by atoms with van der Waals surface area (Å²) in [4.78, 5) is 28.1. The molecule has 3 rings (SSSR count). The number of hydrogen-bond donors (Lipinski definition) is 1. The molecule has 8 heteroatoms. The zero-order valence-corrected chi connectivity index (χ0v) is 21.7. The van der Waals surface area contributed by atoms with Crippen molar-refractivity contribution in [1.82, 2.24) is 10.2 Å². The summed E-state index contributed by atoms with van der Waals surface area (Å²) in [6.45, 7) is 2.25. The Morgan fingerprint density at radius 3 is 2.37 bits per heavy atom. The van der Waals surface area contributed by atoms with Gasteiger partial charge >= 0.3 is 0 Å². The molecule has 0 unspecified atom stereocenters. The standard InChI is InChI=1S/C27H27Cl2FN2O2S/c1-2-31-27(34)25(15-19-8-4-3-5-9-19)32(16-21-10-6-7-11-24(21)30)26(33)18-35-17-20-12-13-22(28)23(29)14-20/h3-14,25H,2,15-18H2,1H3,(H,31,34)/t25-/m0/s1. The average Bonchev–Trinajstić information content (AvgIpc) is 2.85. The zero-order chi connectivity index (χ0) is 25.2. The molecule has 0 aromatic heterocycles. The molecule has 0 spiro atoms. The molecular weight excluding hydrogens is 506 g/mol. The lowest BCUT2D eigenvalue weighted by molar-refractivity contribution is -0.139. The van der Waals surface area contributed by atoms with E-state index in [1.165, 1.54) is 22.7 Å². The van der Waals surface area contributed by atoms with Crippen LogP contribution in [0.3, 0.4) is 0 Å². The Morgan fingerprint density at radius 1 is 0.971 bits per heavy atom. The molecule has 35 heavy (non-hydrogen) atoms. The number of amides is 2. The summed E-state index contributed by atoms with van der Waals surface area (Å²) in [5.41, 5.74) is 2.21. The number of nitrogens with one attached hydrogen (secondary N) is 1. The SMILES string of the molecule is CCNC(=O)[C@H](Cc1ccccc1)N(Cc1ccccc1F)C(=O)CSCc1ccc(Cl)c(Cl)c1. The van der Waals surface area contributed by atoms with Crippen LogP contribution in [0.2, 0.25) is 10.0 Å². The van der Waals surface area contributed by atoms with E-state index in [9.17, 15) is 14.0 Å². The van der Waals surface area contributed by atoms with Gasteiger partial charge in [0.05, 0.1) is 15.8 Å². The van der Waals surface area contributed by atoms with Crippen LogP contribution in [-0.2, 0) is 28.3 Å². The minimum Gasteiger partial charge on any atom is -0.355 e. The molecule has 184 valence electrons. The van der Waals surface area contributed by atoms with Gasteiger partial charge in [0, 0.05) is 30.8 Å². The van der Waals surface area contributed by atoms with Crippen LogP contribution in [0, 0.1) is 5.82 Å². The Morgan fingerprint density at radius 2 is 1.69 bits per heavy atom. The Balaban J connectivity index is 1.83. The van der Waals surface area contributed by atoms with Crippen LogP contribution in [0.4, 0.5) is 4.39 Å². The van der Waals surface area contributed by atoms with E-state index in [4.69, 9.17) is 23.2 Å². The molecule has 0 aliphatic rings. The monoisotopic (exact) mass is 532 g/mol. The second kappa shape index (κ2) is 13.5. The van der Waals surface area contributed by atoms with Crippen LogP contribution in [0.25, 0.3) is 0 Å². The lowest BCUT2D eigenvalue weighted by Gasteiger charge is -2.31. The molecule has 0 aliphatic heterocycles. The first-order valence-electron chi connectivity index (χ1n) is 11.2. The maximum atomic E-state index is 14.5. The largest absolute Gasteiger partial charge is 0.355 e. The van der Waals surface area contributed by atoms with Crippen LogP contribution in [0.5, 0.6) is 0 Å². The van der Waals surface area contributed by atoms with Crippen molar-refractivity contribution in [3.63, 3.8) is 0 Å². The van der Waals surface area contributed by atoms with Crippen LogP contribution < -0.4 is 5.32 Å². The highest BCUT2D eigenvalue weighted by Gasteiger charge is 2.30. The van der Waals surface area contributed by atoms with Crippen LogP contribution >= 0.6 is 35.0 Å². The maximum Gasteiger partial charge on any atom is 0.243 e. The van der Waals surface area contributed by atoms with Crippen molar-refractivity contribution in [2.24, 2.45) is 0 Å². The molecule has 0 radical (unpaired) electrons. The molecule has 0 saturated heterocycles. The summed E-state index contributed by atoms with van der Waals surface area (Å²) < 4.78 is 14.5. The summed E-state index contributed by atoms with van der Waals surface area (Å²) in [6.07, 6.45) is 0.324. The van der Waals surface area contributed by atoms with E-state index in [-0.39, 0.29) is 24.1 Å². The molecule has 3 aromatic rings. The van der Waals surface area contributed by atoms with Crippen LogP contribution in [0.15, 0.2) is 72.8 Å². The quantitative estimate of drug-likeness (QED) is 0.322. The highest BCUT2D eigenvalue weighted by atomic mass is 35.5.